The van der Waals surface area contributed by atoms with Crippen LogP contribution in [0.2, 0.25) is 0 Å². The predicted octanol–water partition coefficient (Wildman–Crippen LogP) is 4.34. The van der Waals surface area contributed by atoms with Crippen LogP contribution >= 0.6 is 0 Å². The third kappa shape index (κ3) is 4.51. The topological polar surface area (TPSA) is 57.2 Å². The van der Waals surface area contributed by atoms with Gasteiger partial charge in [-0.2, -0.15) is 13.2 Å². The minimum absolute atomic E-state index is 0.00743. The number of halogens is 3. The van der Waals surface area contributed by atoms with Crippen molar-refractivity contribution in [3.63, 3.8) is 0 Å². The highest BCUT2D eigenvalue weighted by atomic mass is 19.4. The van der Waals surface area contributed by atoms with Crippen LogP contribution in [0.3, 0.4) is 0 Å². The molecule has 0 saturated heterocycles. The first-order valence-corrected chi connectivity index (χ1v) is 8.49. The maximum absolute atomic E-state index is 13.4. The van der Waals surface area contributed by atoms with Crippen molar-refractivity contribution in [3.8, 4) is 11.5 Å². The van der Waals surface area contributed by atoms with E-state index in [1.807, 2.05) is 0 Å². The van der Waals surface area contributed by atoms with Gasteiger partial charge in [0.1, 0.15) is 19.1 Å². The molecular weight excluding hydrogens is 377 g/mol. The zero-order chi connectivity index (χ0) is 20.1. The van der Waals surface area contributed by atoms with Gasteiger partial charge in [0.2, 0.25) is 0 Å². The van der Waals surface area contributed by atoms with Gasteiger partial charge in [-0.25, -0.2) is 0 Å². The second kappa shape index (κ2) is 8.43. The fraction of sp³-hybridized carbons (Fsp3) is 0.300. The molecule has 28 heavy (non-hydrogen) atoms. The molecule has 5 nitrogen and oxygen atoms in total. The molecule has 3 rings (SSSR count). The van der Waals surface area contributed by atoms with E-state index in [1.54, 1.807) is 24.3 Å². The highest BCUT2D eigenvalue weighted by Crippen LogP contribution is 2.36. The lowest BCUT2D eigenvalue weighted by Gasteiger charge is -2.17. The highest BCUT2D eigenvalue weighted by molar-refractivity contribution is 5.44. The number of rotatable bonds is 7. The van der Waals surface area contributed by atoms with Gasteiger partial charge in [0.25, 0.3) is 6.29 Å². The molecule has 0 bridgehead atoms. The van der Waals surface area contributed by atoms with Gasteiger partial charge in [-0.05, 0) is 36.2 Å². The van der Waals surface area contributed by atoms with E-state index in [2.05, 4.69) is 0 Å². The Bertz CT molecular complexity index is 840. The summed E-state index contributed by atoms with van der Waals surface area (Å²) in [5.41, 5.74) is 0.295. The third-order valence-electron chi connectivity index (χ3n) is 4.18. The van der Waals surface area contributed by atoms with Crippen molar-refractivity contribution in [2.24, 2.45) is 0 Å². The van der Waals surface area contributed by atoms with Crippen LogP contribution < -0.4 is 9.47 Å². The van der Waals surface area contributed by atoms with Crippen molar-refractivity contribution < 1.29 is 37.2 Å². The average Bonchev–Trinajstić information content (AvgIpc) is 3.21. The van der Waals surface area contributed by atoms with Gasteiger partial charge in [-0.1, -0.05) is 12.1 Å². The molecule has 0 aliphatic carbocycles. The lowest BCUT2D eigenvalue weighted by molar-refractivity contribution is -0.138. The minimum atomic E-state index is -4.53. The fourth-order valence-electron chi connectivity index (χ4n) is 2.80. The first-order valence-electron chi connectivity index (χ1n) is 8.49. The molecule has 0 atom stereocenters. The molecule has 0 spiro atoms. The van der Waals surface area contributed by atoms with Crippen LogP contribution in [0.25, 0.3) is 0 Å². The van der Waals surface area contributed by atoms with E-state index in [-0.39, 0.29) is 25.2 Å². The van der Waals surface area contributed by atoms with Crippen molar-refractivity contribution in [1.82, 2.24) is 0 Å². The van der Waals surface area contributed by atoms with Crippen LogP contribution in [0.4, 0.5) is 13.2 Å². The molecule has 2 aromatic rings. The minimum Gasteiger partial charge on any atom is -0.493 e. The van der Waals surface area contributed by atoms with E-state index in [1.165, 1.54) is 25.7 Å². The molecule has 8 heteroatoms. The second-order valence-corrected chi connectivity index (χ2v) is 6.04. The Kier molecular flexibility index (Phi) is 5.99. The Labute approximate surface area is 159 Å². The summed E-state index contributed by atoms with van der Waals surface area (Å²) < 4.78 is 61.5. The normalized spacial score (nSPS) is 13.9. The van der Waals surface area contributed by atoms with Gasteiger partial charge in [-0.3, -0.25) is 0 Å². The monoisotopic (exact) mass is 396 g/mol. The average molecular weight is 396 g/mol. The van der Waals surface area contributed by atoms with Crippen molar-refractivity contribution in [1.29, 1.82) is 0 Å². The molecule has 1 heterocycles. The summed E-state index contributed by atoms with van der Waals surface area (Å²) in [6, 6.07) is 8.86. The molecule has 0 fully saturated rings. The van der Waals surface area contributed by atoms with Crippen molar-refractivity contribution in [2.75, 3.05) is 13.7 Å². The second-order valence-electron chi connectivity index (χ2n) is 6.04. The molecule has 0 aromatic heterocycles. The summed E-state index contributed by atoms with van der Waals surface area (Å²) in [5.74, 6) is 0.645. The van der Waals surface area contributed by atoms with Crippen molar-refractivity contribution in [2.45, 2.75) is 25.5 Å². The van der Waals surface area contributed by atoms with E-state index >= 15 is 0 Å². The molecule has 2 aromatic carbocycles. The molecule has 1 aliphatic heterocycles. The number of aliphatic hydroxyl groups is 1. The Morgan fingerprint density at radius 1 is 1.04 bits per heavy atom. The number of aliphatic hydroxyl groups excluding tert-OH is 1. The standard InChI is InChI=1S/C20H19F3O5/c1-25-18-11-14(19-26-8-9-27-19)4-5-17(18)28-12-15-3-2-13(6-7-24)10-16(15)20(21,22)23/h2-5,8-11,19,24H,6-7,12H2,1H3. The molecule has 150 valence electrons. The maximum Gasteiger partial charge on any atom is 0.416 e. The third-order valence-corrected chi connectivity index (χ3v) is 4.18. The van der Waals surface area contributed by atoms with Gasteiger partial charge < -0.3 is 24.1 Å². The van der Waals surface area contributed by atoms with Crippen LogP contribution in [0.15, 0.2) is 48.9 Å². The molecule has 1 N–H and O–H groups in total. The summed E-state index contributed by atoms with van der Waals surface area (Å²) in [4.78, 5) is 0. The number of ether oxygens (including phenoxy) is 4. The fourth-order valence-corrected chi connectivity index (χ4v) is 2.80. The van der Waals surface area contributed by atoms with Crippen molar-refractivity contribution in [3.05, 3.63) is 71.2 Å². The number of alkyl halides is 3. The van der Waals surface area contributed by atoms with Gasteiger partial charge in [-0.15, -0.1) is 0 Å². The van der Waals surface area contributed by atoms with E-state index in [4.69, 9.17) is 24.1 Å². The highest BCUT2D eigenvalue weighted by Gasteiger charge is 2.33. The molecule has 0 unspecified atom stereocenters. The van der Waals surface area contributed by atoms with Crippen LogP contribution in [0.5, 0.6) is 11.5 Å². The number of benzene rings is 2. The zero-order valence-corrected chi connectivity index (χ0v) is 15.0. The summed E-state index contributed by atoms with van der Waals surface area (Å²) in [6.45, 7) is -0.511. The van der Waals surface area contributed by atoms with Crippen LogP contribution in [0, 0.1) is 0 Å². The van der Waals surface area contributed by atoms with E-state index < -0.39 is 18.0 Å². The summed E-state index contributed by atoms with van der Waals surface area (Å²) in [6.07, 6.45) is -2.14. The predicted molar refractivity (Wildman–Crippen MR) is 93.6 cm³/mol. The molecule has 0 saturated carbocycles. The Balaban J connectivity index is 1.79. The quantitative estimate of drug-likeness (QED) is 0.754. The molecular formula is C20H19F3O5. The Morgan fingerprint density at radius 2 is 1.79 bits per heavy atom. The first kappa shape index (κ1) is 19.9. The first-order chi connectivity index (χ1) is 13.4. The lowest BCUT2D eigenvalue weighted by Crippen LogP contribution is -2.12. The SMILES string of the molecule is COc1cc(C2OC=CO2)ccc1OCc1ccc(CCO)cc1C(F)(F)F. The van der Waals surface area contributed by atoms with E-state index in [0.717, 1.165) is 6.07 Å². The van der Waals surface area contributed by atoms with Crippen LogP contribution in [0.1, 0.15) is 28.5 Å². The smallest absolute Gasteiger partial charge is 0.416 e. The summed E-state index contributed by atoms with van der Waals surface area (Å²) in [7, 11) is 1.44. The van der Waals surface area contributed by atoms with Gasteiger partial charge in [0.05, 0.1) is 12.7 Å². The zero-order valence-electron chi connectivity index (χ0n) is 15.0. The lowest BCUT2D eigenvalue weighted by atomic mass is 10.0. The molecule has 0 radical (unpaired) electrons. The number of hydrogen-bond donors (Lipinski definition) is 1. The van der Waals surface area contributed by atoms with Gasteiger partial charge in [0.15, 0.2) is 11.5 Å². The van der Waals surface area contributed by atoms with Crippen molar-refractivity contribution >= 4 is 0 Å². The van der Waals surface area contributed by atoms with Crippen LogP contribution in [-0.4, -0.2) is 18.8 Å². The maximum atomic E-state index is 13.4. The van der Waals surface area contributed by atoms with E-state index in [0.29, 0.717) is 22.6 Å². The molecule has 0 amide bonds. The number of methoxy groups -OCH3 is 1. The Morgan fingerprint density at radius 3 is 2.43 bits per heavy atom. The summed E-state index contributed by atoms with van der Waals surface area (Å²) in [5, 5.41) is 8.95. The summed E-state index contributed by atoms with van der Waals surface area (Å²) >= 11 is 0. The van der Waals surface area contributed by atoms with Gasteiger partial charge in [0, 0.05) is 17.7 Å². The van der Waals surface area contributed by atoms with Crippen LogP contribution in [-0.2, 0) is 28.7 Å². The molecule has 1 aliphatic rings. The van der Waals surface area contributed by atoms with E-state index in [9.17, 15) is 13.2 Å². The van der Waals surface area contributed by atoms with Gasteiger partial charge >= 0.3 is 6.18 Å². The largest absolute Gasteiger partial charge is 0.493 e. The Hall–Kier alpha value is -2.87. The number of hydrogen-bond acceptors (Lipinski definition) is 5.